The molecule has 0 aromatic heterocycles. The molecular formula is C9H12OS. The Morgan fingerprint density at radius 3 is 2.82 bits per heavy atom. The maximum absolute atomic E-state index is 11.0. The average molecular weight is 168 g/mol. The Balaban J connectivity index is 2.73. The molecule has 11 heavy (non-hydrogen) atoms. The minimum absolute atomic E-state index is 0.0110. The van der Waals surface area contributed by atoms with E-state index in [4.69, 9.17) is 6.42 Å². The molecule has 1 aliphatic rings. The molecule has 0 spiro atoms. The van der Waals surface area contributed by atoms with Crippen LogP contribution in [0.25, 0.3) is 0 Å². The van der Waals surface area contributed by atoms with Crippen molar-refractivity contribution in [2.75, 3.05) is 5.75 Å². The molecule has 1 aliphatic heterocycles. The van der Waals surface area contributed by atoms with Gasteiger partial charge in [-0.15, -0.1) is 12.3 Å². The minimum Gasteiger partial charge on any atom is -0.287 e. The predicted molar refractivity (Wildman–Crippen MR) is 48.2 cm³/mol. The lowest BCUT2D eigenvalue weighted by Gasteiger charge is -2.33. The summed E-state index contributed by atoms with van der Waals surface area (Å²) in [5.74, 6) is 3.79. The Bertz CT molecular complexity index is 212. The zero-order valence-corrected chi connectivity index (χ0v) is 7.70. The van der Waals surface area contributed by atoms with Crippen molar-refractivity contribution in [1.29, 1.82) is 0 Å². The van der Waals surface area contributed by atoms with Crippen molar-refractivity contribution in [2.24, 2.45) is 11.3 Å². The lowest BCUT2D eigenvalue weighted by molar-refractivity contribution is -0.113. The van der Waals surface area contributed by atoms with E-state index in [9.17, 15) is 4.79 Å². The molecule has 1 nitrogen and oxygen atoms in total. The van der Waals surface area contributed by atoms with Gasteiger partial charge in [-0.05, 0) is 5.41 Å². The van der Waals surface area contributed by atoms with Gasteiger partial charge < -0.3 is 0 Å². The molecule has 60 valence electrons. The highest BCUT2D eigenvalue weighted by Gasteiger charge is 2.35. The van der Waals surface area contributed by atoms with E-state index in [0.717, 1.165) is 5.75 Å². The van der Waals surface area contributed by atoms with E-state index in [0.29, 0.717) is 6.42 Å². The van der Waals surface area contributed by atoms with Crippen molar-refractivity contribution in [3.05, 3.63) is 0 Å². The van der Waals surface area contributed by atoms with Gasteiger partial charge >= 0.3 is 0 Å². The Morgan fingerprint density at radius 1 is 1.73 bits per heavy atom. The zero-order chi connectivity index (χ0) is 8.48. The van der Waals surface area contributed by atoms with Crippen LogP contribution < -0.4 is 0 Å². The molecule has 1 saturated heterocycles. The molecule has 0 amide bonds. The highest BCUT2D eigenvalue weighted by Crippen LogP contribution is 2.39. The quantitative estimate of drug-likeness (QED) is 0.514. The van der Waals surface area contributed by atoms with Crippen molar-refractivity contribution in [1.82, 2.24) is 0 Å². The second kappa shape index (κ2) is 2.91. The van der Waals surface area contributed by atoms with E-state index >= 15 is 0 Å². The normalized spacial score (nSPS) is 29.5. The smallest absolute Gasteiger partial charge is 0.189 e. The molecule has 1 rings (SSSR count). The van der Waals surface area contributed by atoms with Crippen LogP contribution >= 0.6 is 11.8 Å². The SMILES string of the molecule is C#CC1CSC(=O)CC1(C)C. The summed E-state index contributed by atoms with van der Waals surface area (Å²) in [6, 6.07) is 0. The summed E-state index contributed by atoms with van der Waals surface area (Å²) in [5, 5.41) is 0.279. The molecule has 2 heteroatoms. The third kappa shape index (κ3) is 1.78. The topological polar surface area (TPSA) is 17.1 Å². The minimum atomic E-state index is 0.0110. The van der Waals surface area contributed by atoms with Gasteiger partial charge in [-0.3, -0.25) is 4.79 Å². The molecule has 0 N–H and O–H groups in total. The number of thioether (sulfide) groups is 1. The van der Waals surface area contributed by atoms with Crippen LogP contribution in [0.4, 0.5) is 0 Å². The number of rotatable bonds is 0. The third-order valence-electron chi connectivity index (χ3n) is 2.16. The maximum atomic E-state index is 11.0. The summed E-state index contributed by atoms with van der Waals surface area (Å²) in [4.78, 5) is 11.0. The second-order valence-corrected chi connectivity index (χ2v) is 4.64. The number of carbonyl (C=O) groups is 1. The van der Waals surface area contributed by atoms with Crippen LogP contribution in [0.1, 0.15) is 20.3 Å². The predicted octanol–water partition coefficient (Wildman–Crippen LogP) is 1.93. The first kappa shape index (κ1) is 8.67. The van der Waals surface area contributed by atoms with Crippen molar-refractivity contribution in [2.45, 2.75) is 20.3 Å². The molecule has 1 heterocycles. The van der Waals surface area contributed by atoms with E-state index in [2.05, 4.69) is 19.8 Å². The highest BCUT2D eigenvalue weighted by atomic mass is 32.2. The van der Waals surface area contributed by atoms with E-state index in [-0.39, 0.29) is 16.4 Å². The fourth-order valence-electron chi connectivity index (χ4n) is 1.22. The Labute approximate surface area is 71.9 Å². The fourth-order valence-corrected chi connectivity index (χ4v) is 2.60. The molecule has 0 aromatic rings. The van der Waals surface area contributed by atoms with Gasteiger partial charge in [0, 0.05) is 18.1 Å². The molecule has 1 fully saturated rings. The summed E-state index contributed by atoms with van der Waals surface area (Å²) < 4.78 is 0. The Hall–Kier alpha value is -0.420. The molecule has 0 bridgehead atoms. The summed E-state index contributed by atoms with van der Waals surface area (Å²) in [6.07, 6.45) is 5.97. The summed E-state index contributed by atoms with van der Waals surface area (Å²) in [7, 11) is 0. The zero-order valence-electron chi connectivity index (χ0n) is 6.89. The molecule has 0 saturated carbocycles. The maximum Gasteiger partial charge on any atom is 0.189 e. The first-order chi connectivity index (χ1) is 5.06. The van der Waals surface area contributed by atoms with E-state index in [1.807, 2.05) is 0 Å². The average Bonchev–Trinajstić information content (AvgIpc) is 1.85. The molecule has 0 aromatic carbocycles. The standard InChI is InChI=1S/C9H12OS/c1-4-7-6-11-8(10)5-9(7,2)3/h1,7H,5-6H2,2-3H3. The Kier molecular flexibility index (Phi) is 2.29. The third-order valence-corrected chi connectivity index (χ3v) is 3.12. The van der Waals surface area contributed by atoms with Gasteiger partial charge in [-0.1, -0.05) is 25.6 Å². The lowest BCUT2D eigenvalue weighted by Crippen LogP contribution is -2.31. The van der Waals surface area contributed by atoms with Gasteiger partial charge in [0.1, 0.15) is 0 Å². The van der Waals surface area contributed by atoms with Crippen LogP contribution in [0.15, 0.2) is 0 Å². The second-order valence-electron chi connectivity index (χ2n) is 3.57. The molecule has 0 aliphatic carbocycles. The molecule has 1 atom stereocenters. The van der Waals surface area contributed by atoms with Gasteiger partial charge in [-0.25, -0.2) is 0 Å². The first-order valence-corrected chi connectivity index (χ1v) is 4.66. The summed E-state index contributed by atoms with van der Waals surface area (Å²) >= 11 is 1.37. The van der Waals surface area contributed by atoms with E-state index < -0.39 is 0 Å². The van der Waals surface area contributed by atoms with E-state index in [1.54, 1.807) is 0 Å². The van der Waals surface area contributed by atoms with Crippen LogP contribution in [0, 0.1) is 23.7 Å². The first-order valence-electron chi connectivity index (χ1n) is 3.68. The highest BCUT2D eigenvalue weighted by molar-refractivity contribution is 8.13. The molecule has 1 unspecified atom stereocenters. The van der Waals surface area contributed by atoms with Crippen molar-refractivity contribution < 1.29 is 4.79 Å². The van der Waals surface area contributed by atoms with Crippen molar-refractivity contribution in [3.63, 3.8) is 0 Å². The van der Waals surface area contributed by atoms with Gasteiger partial charge in [0.25, 0.3) is 0 Å². The van der Waals surface area contributed by atoms with Crippen LogP contribution in [0.2, 0.25) is 0 Å². The van der Waals surface area contributed by atoms with Gasteiger partial charge in [0.15, 0.2) is 5.12 Å². The molecule has 0 radical (unpaired) electrons. The van der Waals surface area contributed by atoms with Crippen LogP contribution in [0.3, 0.4) is 0 Å². The van der Waals surface area contributed by atoms with Crippen LogP contribution in [0.5, 0.6) is 0 Å². The monoisotopic (exact) mass is 168 g/mol. The lowest BCUT2D eigenvalue weighted by atomic mass is 9.77. The van der Waals surface area contributed by atoms with Crippen LogP contribution in [-0.2, 0) is 4.79 Å². The van der Waals surface area contributed by atoms with Crippen molar-refractivity contribution >= 4 is 16.9 Å². The number of hydrogen-bond acceptors (Lipinski definition) is 2. The summed E-state index contributed by atoms with van der Waals surface area (Å²) in [6.45, 7) is 4.13. The van der Waals surface area contributed by atoms with Gasteiger partial charge in [0.05, 0.1) is 0 Å². The van der Waals surface area contributed by atoms with Crippen LogP contribution in [-0.4, -0.2) is 10.9 Å². The number of carbonyl (C=O) groups excluding carboxylic acids is 1. The number of hydrogen-bond donors (Lipinski definition) is 0. The largest absolute Gasteiger partial charge is 0.287 e. The Morgan fingerprint density at radius 2 is 2.36 bits per heavy atom. The van der Waals surface area contributed by atoms with Gasteiger partial charge in [-0.2, -0.15) is 0 Å². The number of terminal acetylenes is 1. The molecular weight excluding hydrogens is 156 g/mol. The van der Waals surface area contributed by atoms with Crippen molar-refractivity contribution in [3.8, 4) is 12.3 Å². The van der Waals surface area contributed by atoms with E-state index in [1.165, 1.54) is 11.8 Å². The van der Waals surface area contributed by atoms with Gasteiger partial charge in [0.2, 0.25) is 0 Å². The summed E-state index contributed by atoms with van der Waals surface area (Å²) in [5.41, 5.74) is 0.0110. The fraction of sp³-hybridized carbons (Fsp3) is 0.667.